The molecule has 2 rings (SSSR count). The van der Waals surface area contributed by atoms with E-state index in [1.54, 1.807) is 12.1 Å². The number of ether oxygens (including phenoxy) is 2. The first-order valence-corrected chi connectivity index (χ1v) is 13.6. The van der Waals surface area contributed by atoms with Gasteiger partial charge in [0.05, 0.1) is 12.2 Å². The maximum absolute atomic E-state index is 12.5. The fourth-order valence-corrected chi connectivity index (χ4v) is 4.33. The summed E-state index contributed by atoms with van der Waals surface area (Å²) in [4.78, 5) is 12.5. The lowest BCUT2D eigenvalue weighted by Gasteiger charge is -2.14. The van der Waals surface area contributed by atoms with Crippen LogP contribution in [0.4, 0.5) is 0 Å². The van der Waals surface area contributed by atoms with Crippen molar-refractivity contribution in [1.29, 1.82) is 0 Å². The van der Waals surface area contributed by atoms with Gasteiger partial charge in [0, 0.05) is 5.38 Å². The first-order valence-electron chi connectivity index (χ1n) is 13.2. The summed E-state index contributed by atoms with van der Waals surface area (Å²) in [6.45, 7) is 7.29. The second-order valence-corrected chi connectivity index (χ2v) is 10.0. The number of aryl methyl sites for hydroxylation is 1. The van der Waals surface area contributed by atoms with Gasteiger partial charge in [0.1, 0.15) is 11.5 Å². The van der Waals surface area contributed by atoms with Gasteiger partial charge in [0.15, 0.2) is 0 Å². The highest BCUT2D eigenvalue weighted by molar-refractivity contribution is 6.20. The zero-order chi connectivity index (χ0) is 24.6. The second kappa shape index (κ2) is 16.6. The van der Waals surface area contributed by atoms with Gasteiger partial charge in [0.25, 0.3) is 0 Å². The molecule has 0 N–H and O–H groups in total. The number of benzene rings is 2. The summed E-state index contributed by atoms with van der Waals surface area (Å²) in [5, 5.41) is 0.272. The zero-order valence-electron chi connectivity index (χ0n) is 21.4. The standard InChI is InChI=1S/C30H43ClO3/c1-4-6-7-8-9-10-13-25-14-16-26(17-15-25)30(32)34-29-20-18-28(19-21-29)33-22-11-12-24(3)23-27(31)5-2/h14-21,24,27H,4-13,22-23H2,1-3H3/t24-,27?/m1/s1. The highest BCUT2D eigenvalue weighted by atomic mass is 35.5. The fourth-order valence-electron chi connectivity index (χ4n) is 4.03. The van der Waals surface area contributed by atoms with Crippen LogP contribution in [0.1, 0.15) is 101 Å². The van der Waals surface area contributed by atoms with Crippen LogP contribution in [-0.2, 0) is 6.42 Å². The van der Waals surface area contributed by atoms with E-state index in [0.29, 0.717) is 23.8 Å². The van der Waals surface area contributed by atoms with E-state index >= 15 is 0 Å². The van der Waals surface area contributed by atoms with Crippen LogP contribution in [0.5, 0.6) is 11.5 Å². The van der Waals surface area contributed by atoms with Gasteiger partial charge in [-0.3, -0.25) is 0 Å². The average Bonchev–Trinajstić information content (AvgIpc) is 2.85. The molecule has 188 valence electrons. The highest BCUT2D eigenvalue weighted by Crippen LogP contribution is 2.21. The molecular formula is C30H43ClO3. The van der Waals surface area contributed by atoms with Crippen molar-refractivity contribution in [2.75, 3.05) is 6.61 Å². The van der Waals surface area contributed by atoms with Gasteiger partial charge in [-0.15, -0.1) is 11.6 Å². The molecule has 0 saturated carbocycles. The number of rotatable bonds is 17. The third kappa shape index (κ3) is 11.4. The number of esters is 1. The third-order valence-electron chi connectivity index (χ3n) is 6.25. The van der Waals surface area contributed by atoms with Crippen LogP contribution in [0.3, 0.4) is 0 Å². The topological polar surface area (TPSA) is 35.5 Å². The Morgan fingerprint density at radius 3 is 2.18 bits per heavy atom. The number of alkyl halides is 1. The number of hydrogen-bond acceptors (Lipinski definition) is 3. The van der Waals surface area contributed by atoms with E-state index in [0.717, 1.165) is 37.9 Å². The molecule has 0 heterocycles. The minimum Gasteiger partial charge on any atom is -0.494 e. The van der Waals surface area contributed by atoms with Gasteiger partial charge >= 0.3 is 5.97 Å². The fraction of sp³-hybridized carbons (Fsp3) is 0.567. The van der Waals surface area contributed by atoms with Crippen molar-refractivity contribution in [3.8, 4) is 11.5 Å². The average molecular weight is 487 g/mol. The molecule has 0 radical (unpaired) electrons. The maximum atomic E-state index is 12.5. The molecule has 0 amide bonds. The summed E-state index contributed by atoms with van der Waals surface area (Å²) in [7, 11) is 0. The Morgan fingerprint density at radius 2 is 1.50 bits per heavy atom. The number of unbranched alkanes of at least 4 members (excludes halogenated alkanes) is 5. The highest BCUT2D eigenvalue weighted by Gasteiger charge is 2.10. The Balaban J connectivity index is 1.68. The minimum absolute atomic E-state index is 0.272. The molecule has 2 atom stereocenters. The molecule has 0 fully saturated rings. The van der Waals surface area contributed by atoms with Gasteiger partial charge in [0.2, 0.25) is 0 Å². The van der Waals surface area contributed by atoms with Crippen LogP contribution in [0.2, 0.25) is 0 Å². The Labute approximate surface area is 212 Å². The first-order chi connectivity index (χ1) is 16.5. The lowest BCUT2D eigenvalue weighted by atomic mass is 9.99. The second-order valence-electron chi connectivity index (χ2n) is 9.41. The summed E-state index contributed by atoms with van der Waals surface area (Å²) in [6, 6.07) is 15.1. The Bertz CT molecular complexity index is 801. The maximum Gasteiger partial charge on any atom is 0.343 e. The normalized spacial score (nSPS) is 12.8. The van der Waals surface area contributed by atoms with E-state index in [1.807, 2.05) is 36.4 Å². The number of carbonyl (C=O) groups is 1. The summed E-state index contributed by atoms with van der Waals surface area (Å²) in [5.41, 5.74) is 1.85. The lowest BCUT2D eigenvalue weighted by molar-refractivity contribution is 0.0734. The van der Waals surface area contributed by atoms with E-state index < -0.39 is 0 Å². The van der Waals surface area contributed by atoms with Crippen LogP contribution in [0.15, 0.2) is 48.5 Å². The van der Waals surface area contributed by atoms with Crippen LogP contribution < -0.4 is 9.47 Å². The monoisotopic (exact) mass is 486 g/mol. The first kappa shape index (κ1) is 28.2. The lowest BCUT2D eigenvalue weighted by Crippen LogP contribution is -2.08. The van der Waals surface area contributed by atoms with Gasteiger partial charge in [-0.1, -0.05) is 65.0 Å². The van der Waals surface area contributed by atoms with Crippen molar-refractivity contribution < 1.29 is 14.3 Å². The van der Waals surface area contributed by atoms with Crippen molar-refractivity contribution in [3.63, 3.8) is 0 Å². The molecule has 2 aromatic carbocycles. The molecule has 2 aromatic rings. The third-order valence-corrected chi connectivity index (χ3v) is 6.74. The molecule has 4 heteroatoms. The van der Waals surface area contributed by atoms with Gasteiger partial charge < -0.3 is 9.47 Å². The predicted octanol–water partition coefficient (Wildman–Crippen LogP) is 9.01. The SMILES string of the molecule is CCCCCCCCc1ccc(C(=O)Oc2ccc(OCCC[C@@H](C)CC(Cl)CC)cc2)cc1. The van der Waals surface area contributed by atoms with Crippen molar-refractivity contribution in [2.24, 2.45) is 5.92 Å². The molecule has 3 nitrogen and oxygen atoms in total. The van der Waals surface area contributed by atoms with Crippen LogP contribution in [0.25, 0.3) is 0 Å². The summed E-state index contributed by atoms with van der Waals surface area (Å²) < 4.78 is 11.4. The number of halogens is 1. The Kier molecular flexibility index (Phi) is 13.8. The molecule has 0 aliphatic rings. The van der Waals surface area contributed by atoms with Gasteiger partial charge in [-0.25, -0.2) is 4.79 Å². The summed E-state index contributed by atoms with van der Waals surface area (Å²) >= 11 is 6.23. The van der Waals surface area contributed by atoms with E-state index in [4.69, 9.17) is 21.1 Å². The molecule has 0 spiro atoms. The van der Waals surface area contributed by atoms with Crippen molar-refractivity contribution in [1.82, 2.24) is 0 Å². The Hall–Kier alpha value is -2.00. The van der Waals surface area contributed by atoms with Crippen LogP contribution in [-0.4, -0.2) is 18.0 Å². The summed E-state index contributed by atoms with van der Waals surface area (Å²) in [6.07, 6.45) is 13.0. The largest absolute Gasteiger partial charge is 0.494 e. The smallest absolute Gasteiger partial charge is 0.343 e. The van der Waals surface area contributed by atoms with E-state index in [9.17, 15) is 4.79 Å². The van der Waals surface area contributed by atoms with Crippen LogP contribution >= 0.6 is 11.6 Å². The zero-order valence-corrected chi connectivity index (χ0v) is 22.1. The van der Waals surface area contributed by atoms with Crippen LogP contribution in [0, 0.1) is 5.92 Å². The number of carbonyl (C=O) groups excluding carboxylic acids is 1. The molecule has 1 unspecified atom stereocenters. The predicted molar refractivity (Wildman–Crippen MR) is 143 cm³/mol. The van der Waals surface area contributed by atoms with E-state index in [2.05, 4.69) is 20.8 Å². The molecule has 0 bridgehead atoms. The molecule has 34 heavy (non-hydrogen) atoms. The quantitative estimate of drug-likeness (QED) is 0.0967. The molecule has 0 aliphatic heterocycles. The Morgan fingerprint density at radius 1 is 0.853 bits per heavy atom. The molecule has 0 aliphatic carbocycles. The molecule has 0 saturated heterocycles. The van der Waals surface area contributed by atoms with E-state index in [1.165, 1.54) is 44.1 Å². The molecular weight excluding hydrogens is 444 g/mol. The van der Waals surface area contributed by atoms with Gasteiger partial charge in [-0.2, -0.15) is 0 Å². The van der Waals surface area contributed by atoms with Crippen molar-refractivity contribution in [2.45, 2.75) is 96.8 Å². The van der Waals surface area contributed by atoms with Crippen molar-refractivity contribution in [3.05, 3.63) is 59.7 Å². The number of hydrogen-bond donors (Lipinski definition) is 0. The van der Waals surface area contributed by atoms with Gasteiger partial charge in [-0.05, 0) is 86.4 Å². The minimum atomic E-state index is -0.335. The summed E-state index contributed by atoms with van der Waals surface area (Å²) in [5.74, 6) is 1.58. The molecule has 0 aromatic heterocycles. The van der Waals surface area contributed by atoms with Crippen molar-refractivity contribution >= 4 is 17.6 Å². The van der Waals surface area contributed by atoms with E-state index in [-0.39, 0.29) is 11.3 Å².